The van der Waals surface area contributed by atoms with Crippen LogP contribution in [0, 0.1) is 0 Å². The van der Waals surface area contributed by atoms with E-state index in [-0.39, 0.29) is 39.5 Å². The van der Waals surface area contributed by atoms with Crippen molar-refractivity contribution in [2.75, 3.05) is 12.4 Å². The fraction of sp³-hybridized carbons (Fsp3) is 0.167. The molecule has 2 heterocycles. The molecule has 0 amide bonds. The maximum atomic E-state index is 12.9. The number of anilines is 1. The molecule has 1 aromatic carbocycles. The highest BCUT2D eigenvalue weighted by molar-refractivity contribution is 6.36. The molecule has 3 aromatic rings. The van der Waals surface area contributed by atoms with Gasteiger partial charge in [-0.05, 0) is 30.3 Å². The lowest BCUT2D eigenvalue weighted by molar-refractivity contribution is -0.137. The molecule has 0 aliphatic carbocycles. The van der Waals surface area contributed by atoms with Crippen LogP contribution in [-0.4, -0.2) is 23.0 Å². The first kappa shape index (κ1) is 20.9. The van der Waals surface area contributed by atoms with Crippen molar-refractivity contribution < 1.29 is 27.1 Å². The number of methoxy groups -OCH3 is 1. The largest absolute Gasteiger partial charge is 0.467 e. The van der Waals surface area contributed by atoms with Crippen molar-refractivity contribution in [1.29, 1.82) is 0 Å². The van der Waals surface area contributed by atoms with Gasteiger partial charge in [-0.1, -0.05) is 23.2 Å². The van der Waals surface area contributed by atoms with Crippen molar-refractivity contribution in [2.45, 2.75) is 12.7 Å². The van der Waals surface area contributed by atoms with Crippen molar-refractivity contribution in [3.63, 3.8) is 0 Å². The van der Waals surface area contributed by atoms with Crippen molar-refractivity contribution in [2.24, 2.45) is 0 Å². The Morgan fingerprint density at radius 2 is 2.00 bits per heavy atom. The normalized spacial score (nSPS) is 11.4. The predicted octanol–water partition coefficient (Wildman–Crippen LogP) is 5.46. The second-order valence-corrected chi connectivity index (χ2v) is 6.46. The topological polar surface area (TPSA) is 77.2 Å². The molecule has 6 nitrogen and oxygen atoms in total. The van der Waals surface area contributed by atoms with Crippen LogP contribution in [0.3, 0.4) is 0 Å². The molecular formula is C18H12Cl2F3N3O3. The fourth-order valence-electron chi connectivity index (χ4n) is 2.37. The van der Waals surface area contributed by atoms with E-state index in [1.807, 2.05) is 0 Å². The maximum absolute atomic E-state index is 12.9. The number of rotatable bonds is 5. The van der Waals surface area contributed by atoms with E-state index in [1.165, 1.54) is 6.26 Å². The molecular weight excluding hydrogens is 434 g/mol. The number of carbonyl (C=O) groups is 1. The van der Waals surface area contributed by atoms with Crippen molar-refractivity contribution in [3.8, 4) is 11.4 Å². The minimum absolute atomic E-state index is 0.0597. The predicted molar refractivity (Wildman–Crippen MR) is 99.9 cm³/mol. The molecule has 11 heteroatoms. The molecule has 1 N–H and O–H groups in total. The lowest BCUT2D eigenvalue weighted by Gasteiger charge is -2.13. The van der Waals surface area contributed by atoms with Gasteiger partial charge in [0.15, 0.2) is 11.5 Å². The van der Waals surface area contributed by atoms with Crippen LogP contribution in [0.5, 0.6) is 0 Å². The number of alkyl halides is 3. The summed E-state index contributed by atoms with van der Waals surface area (Å²) in [6, 6.07) is 6.10. The zero-order valence-corrected chi connectivity index (χ0v) is 16.2. The first-order chi connectivity index (χ1) is 13.7. The molecule has 0 atom stereocenters. The summed E-state index contributed by atoms with van der Waals surface area (Å²) in [6.07, 6.45) is -3.08. The zero-order chi connectivity index (χ0) is 21.2. The third-order valence-corrected chi connectivity index (χ3v) is 4.45. The number of hydrogen-bond acceptors (Lipinski definition) is 6. The monoisotopic (exact) mass is 445 g/mol. The molecule has 0 radical (unpaired) electrons. The van der Waals surface area contributed by atoms with Crippen LogP contribution in [0.2, 0.25) is 10.0 Å². The highest BCUT2D eigenvalue weighted by Gasteiger charge is 2.31. The number of halogens is 5. The van der Waals surface area contributed by atoms with Crippen LogP contribution in [0.4, 0.5) is 19.0 Å². The lowest BCUT2D eigenvalue weighted by Crippen LogP contribution is -2.12. The molecule has 29 heavy (non-hydrogen) atoms. The van der Waals surface area contributed by atoms with E-state index in [1.54, 1.807) is 12.1 Å². The molecule has 0 aliphatic heterocycles. The Hall–Kier alpha value is -2.78. The third-order valence-electron chi connectivity index (χ3n) is 3.78. The summed E-state index contributed by atoms with van der Waals surface area (Å²) in [4.78, 5) is 20.3. The summed E-state index contributed by atoms with van der Waals surface area (Å²) in [5.74, 6) is -0.323. The van der Waals surface area contributed by atoms with Gasteiger partial charge in [0.1, 0.15) is 16.6 Å². The summed E-state index contributed by atoms with van der Waals surface area (Å²) in [5.41, 5.74) is -1.11. The summed E-state index contributed by atoms with van der Waals surface area (Å²) in [7, 11) is 1.14. The number of furan rings is 1. The highest BCUT2D eigenvalue weighted by atomic mass is 35.5. The third kappa shape index (κ3) is 4.63. The SMILES string of the molecule is COC(=O)c1nc(-c2ccc(C(F)(F)F)cc2Cl)nc(NCc2ccco2)c1Cl. The van der Waals surface area contributed by atoms with E-state index in [4.69, 9.17) is 27.6 Å². The number of nitrogens with one attached hydrogen (secondary N) is 1. The highest BCUT2D eigenvalue weighted by Crippen LogP contribution is 2.36. The summed E-state index contributed by atoms with van der Waals surface area (Å²) >= 11 is 12.2. The van der Waals surface area contributed by atoms with E-state index >= 15 is 0 Å². The van der Waals surface area contributed by atoms with Crippen LogP contribution >= 0.6 is 23.2 Å². The Labute approximate surface area is 172 Å². The van der Waals surface area contributed by atoms with Crippen LogP contribution in [0.25, 0.3) is 11.4 Å². The van der Waals surface area contributed by atoms with Crippen molar-refractivity contribution in [3.05, 3.63) is 63.7 Å². The number of hydrogen-bond donors (Lipinski definition) is 1. The summed E-state index contributed by atoms with van der Waals surface area (Å²) < 4.78 is 48.5. The average molecular weight is 446 g/mol. The second kappa shape index (κ2) is 8.30. The van der Waals surface area contributed by atoms with Crippen molar-refractivity contribution >= 4 is 35.0 Å². The molecule has 2 aromatic heterocycles. The Kier molecular flexibility index (Phi) is 5.99. The molecule has 0 bridgehead atoms. The number of esters is 1. The van der Waals surface area contributed by atoms with Gasteiger partial charge in [-0.2, -0.15) is 13.2 Å². The smallest absolute Gasteiger partial charge is 0.416 e. The minimum Gasteiger partial charge on any atom is -0.467 e. The molecule has 0 unspecified atom stereocenters. The molecule has 0 saturated carbocycles. The lowest BCUT2D eigenvalue weighted by atomic mass is 10.1. The van der Waals surface area contributed by atoms with Gasteiger partial charge in [-0.25, -0.2) is 14.8 Å². The maximum Gasteiger partial charge on any atom is 0.416 e. The van der Waals surface area contributed by atoms with Gasteiger partial charge in [0.05, 0.1) is 30.5 Å². The zero-order valence-electron chi connectivity index (χ0n) is 14.7. The van der Waals surface area contributed by atoms with Crippen LogP contribution in [-0.2, 0) is 17.5 Å². The summed E-state index contributed by atoms with van der Waals surface area (Å²) in [6.45, 7) is 0.185. The molecule has 3 rings (SSSR count). The molecule has 0 fully saturated rings. The van der Waals surface area contributed by atoms with Gasteiger partial charge in [-0.3, -0.25) is 0 Å². The summed E-state index contributed by atoms with van der Waals surface area (Å²) in [5, 5.41) is 2.54. The fourth-order valence-corrected chi connectivity index (χ4v) is 2.87. The van der Waals surface area contributed by atoms with E-state index in [0.29, 0.717) is 5.76 Å². The molecule has 0 saturated heterocycles. The molecule has 152 valence electrons. The van der Waals surface area contributed by atoms with E-state index < -0.39 is 17.7 Å². The van der Waals surface area contributed by atoms with Gasteiger partial charge in [0.2, 0.25) is 0 Å². The van der Waals surface area contributed by atoms with Gasteiger partial charge in [0.25, 0.3) is 0 Å². The Bertz CT molecular complexity index is 1040. The van der Waals surface area contributed by atoms with Crippen LogP contribution in [0.1, 0.15) is 21.8 Å². The Balaban J connectivity index is 2.06. The number of nitrogens with zero attached hydrogens (tertiary/aromatic N) is 2. The standard InChI is InChI=1S/C18H12Cl2F3N3O3/c1-28-17(27)14-13(20)16(24-8-10-3-2-6-29-10)26-15(25-14)11-5-4-9(7-12(11)19)18(21,22)23/h2-7H,8H2,1H3,(H,24,25,26). The van der Waals surface area contributed by atoms with Crippen molar-refractivity contribution in [1.82, 2.24) is 9.97 Å². The first-order valence-electron chi connectivity index (χ1n) is 8.00. The van der Waals surface area contributed by atoms with Gasteiger partial charge in [-0.15, -0.1) is 0 Å². The van der Waals surface area contributed by atoms with E-state index in [2.05, 4.69) is 20.0 Å². The number of aromatic nitrogens is 2. The second-order valence-electron chi connectivity index (χ2n) is 5.68. The van der Waals surface area contributed by atoms with Gasteiger partial charge in [0, 0.05) is 5.56 Å². The Morgan fingerprint density at radius 3 is 2.59 bits per heavy atom. The Morgan fingerprint density at radius 1 is 1.24 bits per heavy atom. The minimum atomic E-state index is -4.56. The molecule has 0 aliphatic rings. The average Bonchev–Trinajstić information content (AvgIpc) is 3.19. The number of benzene rings is 1. The number of carbonyl (C=O) groups excluding carboxylic acids is 1. The van der Waals surface area contributed by atoms with Crippen LogP contribution in [0.15, 0.2) is 41.0 Å². The quantitative estimate of drug-likeness (QED) is 0.525. The van der Waals surface area contributed by atoms with Crippen LogP contribution < -0.4 is 5.32 Å². The first-order valence-corrected chi connectivity index (χ1v) is 8.75. The molecule has 0 spiro atoms. The van der Waals surface area contributed by atoms with Gasteiger partial charge >= 0.3 is 12.1 Å². The van der Waals surface area contributed by atoms with Gasteiger partial charge < -0.3 is 14.5 Å². The van der Waals surface area contributed by atoms with E-state index in [9.17, 15) is 18.0 Å². The van der Waals surface area contributed by atoms with E-state index in [0.717, 1.165) is 25.3 Å². The number of ether oxygens (including phenoxy) is 1.